The Hall–Kier alpha value is -3.40. The topological polar surface area (TPSA) is 40.6 Å². The van der Waals surface area contributed by atoms with Crippen LogP contribution in [0.1, 0.15) is 47.3 Å². The quantitative estimate of drug-likeness (QED) is 0.566. The molecule has 0 radical (unpaired) electrons. The average molecular weight is 413 g/mol. The first-order valence-electron chi connectivity index (χ1n) is 10.9. The lowest BCUT2D eigenvalue weighted by molar-refractivity contribution is -0.138. The van der Waals surface area contributed by atoms with Crippen LogP contribution in [-0.4, -0.2) is 34.2 Å². The van der Waals surface area contributed by atoms with E-state index in [1.165, 1.54) is 0 Å². The second-order valence-electron chi connectivity index (χ2n) is 8.06. The molecule has 0 aliphatic carbocycles. The van der Waals surface area contributed by atoms with Crippen LogP contribution in [0.3, 0.4) is 0 Å². The fraction of sp³-hybridized carbons (Fsp3) is 0.259. The monoisotopic (exact) mass is 412 g/mol. The smallest absolute Gasteiger partial charge is 0.254 e. The number of rotatable bonds is 6. The highest BCUT2D eigenvalue weighted by molar-refractivity contribution is 5.98. The summed E-state index contributed by atoms with van der Waals surface area (Å²) >= 11 is 0. The summed E-state index contributed by atoms with van der Waals surface area (Å²) in [6, 6.07) is 28.9. The Bertz CT molecular complexity index is 1010. The number of nitrogens with zero attached hydrogens (tertiary/aromatic N) is 2. The van der Waals surface area contributed by atoms with Crippen molar-refractivity contribution in [1.29, 1.82) is 0 Å². The van der Waals surface area contributed by atoms with Crippen LogP contribution in [0.15, 0.2) is 91.0 Å². The predicted octanol–water partition coefficient (Wildman–Crippen LogP) is 5.08. The highest BCUT2D eigenvalue weighted by Gasteiger charge is 2.38. The highest BCUT2D eigenvalue weighted by Crippen LogP contribution is 2.28. The number of hydrogen-bond acceptors (Lipinski definition) is 2. The van der Waals surface area contributed by atoms with Crippen molar-refractivity contribution in [2.75, 3.05) is 6.54 Å². The van der Waals surface area contributed by atoms with E-state index in [9.17, 15) is 9.59 Å². The third-order valence-electron chi connectivity index (χ3n) is 6.05. The molecule has 0 unspecified atom stereocenters. The standard InChI is InChI=1S/C27H28N2O2/c1-21(23-14-7-3-8-15-23)29(20-22-12-5-2-6-13-22)27(31)25-18-11-19-28(25)26(30)24-16-9-4-10-17-24/h2-10,12-17,21,25H,11,18-20H2,1H3/t21-,25+/m1/s1. The minimum absolute atomic E-state index is 0.0157. The van der Waals surface area contributed by atoms with Gasteiger partial charge in [0.1, 0.15) is 6.04 Å². The molecule has 2 atom stereocenters. The van der Waals surface area contributed by atoms with Gasteiger partial charge in [0.15, 0.2) is 0 Å². The minimum Gasteiger partial charge on any atom is -0.330 e. The van der Waals surface area contributed by atoms with Crippen molar-refractivity contribution in [3.63, 3.8) is 0 Å². The molecular weight excluding hydrogens is 384 g/mol. The molecule has 0 bridgehead atoms. The fourth-order valence-electron chi connectivity index (χ4n) is 4.30. The van der Waals surface area contributed by atoms with E-state index in [1.807, 2.05) is 83.8 Å². The van der Waals surface area contributed by atoms with Gasteiger partial charge in [0.2, 0.25) is 5.91 Å². The summed E-state index contributed by atoms with van der Waals surface area (Å²) in [6.45, 7) is 3.19. The van der Waals surface area contributed by atoms with Crippen molar-refractivity contribution in [2.45, 2.75) is 38.4 Å². The SMILES string of the molecule is C[C@H](c1ccccc1)N(Cc1ccccc1)C(=O)[C@@H]1CCCN1C(=O)c1ccccc1. The molecule has 4 heteroatoms. The molecule has 1 saturated heterocycles. The first-order chi connectivity index (χ1) is 15.1. The Labute approximate surface area is 184 Å². The van der Waals surface area contributed by atoms with Crippen molar-refractivity contribution >= 4 is 11.8 Å². The Balaban J connectivity index is 1.62. The molecule has 0 aromatic heterocycles. The molecular formula is C27H28N2O2. The molecule has 1 aliphatic rings. The van der Waals surface area contributed by atoms with Crippen LogP contribution in [0, 0.1) is 0 Å². The number of likely N-dealkylation sites (tertiary alicyclic amines) is 1. The molecule has 3 aromatic rings. The zero-order valence-corrected chi connectivity index (χ0v) is 17.9. The Morgan fingerprint density at radius 2 is 1.48 bits per heavy atom. The lowest BCUT2D eigenvalue weighted by Crippen LogP contribution is -2.48. The summed E-state index contributed by atoms with van der Waals surface area (Å²) < 4.78 is 0. The van der Waals surface area contributed by atoms with Crippen molar-refractivity contribution in [3.8, 4) is 0 Å². The maximum absolute atomic E-state index is 13.8. The zero-order valence-electron chi connectivity index (χ0n) is 17.9. The Morgan fingerprint density at radius 3 is 2.13 bits per heavy atom. The summed E-state index contributed by atoms with van der Waals surface area (Å²) in [5, 5.41) is 0. The van der Waals surface area contributed by atoms with Crippen molar-refractivity contribution in [3.05, 3.63) is 108 Å². The van der Waals surface area contributed by atoms with Gasteiger partial charge in [-0.2, -0.15) is 0 Å². The summed E-state index contributed by atoms with van der Waals surface area (Å²) in [5.41, 5.74) is 2.80. The first kappa shape index (κ1) is 20.9. The maximum Gasteiger partial charge on any atom is 0.254 e. The third kappa shape index (κ3) is 4.69. The second-order valence-corrected chi connectivity index (χ2v) is 8.06. The van der Waals surface area contributed by atoms with Crippen LogP contribution in [0.4, 0.5) is 0 Å². The number of benzene rings is 3. The molecule has 0 spiro atoms. The molecule has 1 fully saturated rings. The van der Waals surface area contributed by atoms with Gasteiger partial charge in [-0.1, -0.05) is 78.9 Å². The Morgan fingerprint density at radius 1 is 0.903 bits per heavy atom. The lowest BCUT2D eigenvalue weighted by Gasteiger charge is -2.35. The van der Waals surface area contributed by atoms with Crippen LogP contribution in [0.2, 0.25) is 0 Å². The molecule has 31 heavy (non-hydrogen) atoms. The van der Waals surface area contributed by atoms with Crippen LogP contribution < -0.4 is 0 Å². The normalized spacial score (nSPS) is 16.7. The fourth-order valence-corrected chi connectivity index (χ4v) is 4.30. The molecule has 4 nitrogen and oxygen atoms in total. The van der Waals surface area contributed by atoms with E-state index in [1.54, 1.807) is 4.90 Å². The number of carbonyl (C=O) groups is 2. The summed E-state index contributed by atoms with van der Waals surface area (Å²) in [4.78, 5) is 30.7. The number of hydrogen-bond donors (Lipinski definition) is 0. The van der Waals surface area contributed by atoms with Gasteiger partial charge in [-0.15, -0.1) is 0 Å². The maximum atomic E-state index is 13.8. The highest BCUT2D eigenvalue weighted by atomic mass is 16.2. The van der Waals surface area contributed by atoms with E-state index in [4.69, 9.17) is 0 Å². The van der Waals surface area contributed by atoms with Crippen LogP contribution in [-0.2, 0) is 11.3 Å². The van der Waals surface area contributed by atoms with Gasteiger partial charge < -0.3 is 9.80 Å². The van der Waals surface area contributed by atoms with Crippen molar-refractivity contribution < 1.29 is 9.59 Å². The van der Waals surface area contributed by atoms with Gasteiger partial charge in [0.05, 0.1) is 6.04 Å². The van der Waals surface area contributed by atoms with E-state index in [0.29, 0.717) is 25.1 Å². The number of carbonyl (C=O) groups excluding carboxylic acids is 2. The molecule has 0 N–H and O–H groups in total. The summed E-state index contributed by atoms with van der Waals surface area (Å²) in [6.07, 6.45) is 1.54. The van der Waals surface area contributed by atoms with Crippen molar-refractivity contribution in [2.24, 2.45) is 0 Å². The number of amides is 2. The van der Waals surface area contributed by atoms with E-state index in [0.717, 1.165) is 17.5 Å². The summed E-state index contributed by atoms with van der Waals surface area (Å²) in [5.74, 6) is -0.0505. The van der Waals surface area contributed by atoms with Gasteiger partial charge in [0, 0.05) is 18.7 Å². The average Bonchev–Trinajstić information content (AvgIpc) is 3.33. The molecule has 158 valence electrons. The first-order valence-corrected chi connectivity index (χ1v) is 10.9. The summed E-state index contributed by atoms with van der Waals surface area (Å²) in [7, 11) is 0. The predicted molar refractivity (Wildman–Crippen MR) is 122 cm³/mol. The molecule has 1 heterocycles. The van der Waals surface area contributed by atoms with Gasteiger partial charge in [-0.25, -0.2) is 0 Å². The second kappa shape index (κ2) is 9.61. The van der Waals surface area contributed by atoms with Gasteiger partial charge in [0.25, 0.3) is 5.91 Å². The van der Waals surface area contributed by atoms with E-state index < -0.39 is 6.04 Å². The van der Waals surface area contributed by atoms with E-state index >= 15 is 0 Å². The molecule has 2 amide bonds. The van der Waals surface area contributed by atoms with Crippen LogP contribution in [0.5, 0.6) is 0 Å². The largest absolute Gasteiger partial charge is 0.330 e. The molecule has 3 aromatic carbocycles. The van der Waals surface area contributed by atoms with Gasteiger partial charge >= 0.3 is 0 Å². The van der Waals surface area contributed by atoms with E-state index in [2.05, 4.69) is 19.1 Å². The molecule has 0 saturated carbocycles. The zero-order chi connectivity index (χ0) is 21.6. The molecule has 1 aliphatic heterocycles. The van der Waals surface area contributed by atoms with Crippen LogP contribution in [0.25, 0.3) is 0 Å². The lowest BCUT2D eigenvalue weighted by atomic mass is 10.0. The van der Waals surface area contributed by atoms with Gasteiger partial charge in [-0.05, 0) is 43.0 Å². The van der Waals surface area contributed by atoms with Crippen LogP contribution >= 0.6 is 0 Å². The van der Waals surface area contributed by atoms with Crippen molar-refractivity contribution in [1.82, 2.24) is 9.80 Å². The molecule has 4 rings (SSSR count). The van der Waals surface area contributed by atoms with E-state index in [-0.39, 0.29) is 17.9 Å². The Kier molecular flexibility index (Phi) is 6.46. The van der Waals surface area contributed by atoms with Gasteiger partial charge in [-0.3, -0.25) is 9.59 Å². The minimum atomic E-state index is -0.428. The third-order valence-corrected chi connectivity index (χ3v) is 6.05.